The lowest BCUT2D eigenvalue weighted by molar-refractivity contribution is 1.21. The van der Waals surface area contributed by atoms with Crippen molar-refractivity contribution in [2.24, 2.45) is 0 Å². The van der Waals surface area contributed by atoms with Crippen molar-refractivity contribution in [3.05, 3.63) is 78.5 Å². The summed E-state index contributed by atoms with van der Waals surface area (Å²) in [5.41, 5.74) is 5.63. The summed E-state index contributed by atoms with van der Waals surface area (Å²) in [4.78, 5) is 4.72. The first-order chi connectivity index (χ1) is 9.34. The summed E-state index contributed by atoms with van der Waals surface area (Å²) in [7, 11) is 0. The topological polar surface area (TPSA) is 12.9 Å². The molecule has 1 heterocycles. The maximum absolute atomic E-state index is 4.72. The predicted octanol–water partition coefficient (Wildman–Crippen LogP) is 4.72. The van der Waals surface area contributed by atoms with Crippen LogP contribution in [0.25, 0.3) is 22.4 Å². The Balaban J connectivity index is 2.21. The molecule has 0 radical (unpaired) electrons. The van der Waals surface area contributed by atoms with Gasteiger partial charge in [-0.25, -0.2) is 0 Å². The summed E-state index contributed by atoms with van der Waals surface area (Å²) >= 11 is 0. The first-order valence-electron chi connectivity index (χ1n) is 6.43. The number of aromatic nitrogens is 1. The second-order valence-electron chi connectivity index (χ2n) is 4.58. The van der Waals surface area contributed by atoms with Crippen LogP contribution in [0.4, 0.5) is 0 Å². The molecule has 0 bridgehead atoms. The normalized spacial score (nSPS) is 10.4. The monoisotopic (exact) mass is 245 g/mol. The van der Waals surface area contributed by atoms with Gasteiger partial charge in [0.25, 0.3) is 0 Å². The zero-order chi connectivity index (χ0) is 13.1. The Morgan fingerprint density at radius 1 is 0.632 bits per heavy atom. The first kappa shape index (κ1) is 11.7. The van der Waals surface area contributed by atoms with E-state index in [4.69, 9.17) is 4.98 Å². The van der Waals surface area contributed by atoms with E-state index in [1.165, 1.54) is 11.1 Å². The number of aryl methyl sites for hydroxylation is 1. The molecule has 0 amide bonds. The smallest absolute Gasteiger partial charge is 0.0783 e. The van der Waals surface area contributed by atoms with E-state index in [-0.39, 0.29) is 0 Å². The second-order valence-corrected chi connectivity index (χ2v) is 4.58. The number of pyridine rings is 1. The molecule has 0 unspecified atom stereocenters. The molecule has 19 heavy (non-hydrogen) atoms. The molecule has 0 N–H and O–H groups in total. The molecule has 3 aromatic rings. The standard InChI is InChI=1S/C18H15N/c1-14-12-13-17(15-8-4-2-5-9-15)18(19-14)16-10-6-3-7-11-16/h2-13H,1H3. The fourth-order valence-electron chi connectivity index (χ4n) is 2.22. The van der Waals surface area contributed by atoms with E-state index in [0.29, 0.717) is 0 Å². The zero-order valence-corrected chi connectivity index (χ0v) is 10.9. The molecular formula is C18H15N. The van der Waals surface area contributed by atoms with Crippen LogP contribution >= 0.6 is 0 Å². The van der Waals surface area contributed by atoms with Gasteiger partial charge in [0.05, 0.1) is 5.69 Å². The van der Waals surface area contributed by atoms with E-state index in [2.05, 4.69) is 48.5 Å². The van der Waals surface area contributed by atoms with Gasteiger partial charge in [-0.05, 0) is 18.6 Å². The molecule has 92 valence electrons. The molecule has 0 aliphatic rings. The largest absolute Gasteiger partial charge is 0.252 e. The first-order valence-corrected chi connectivity index (χ1v) is 6.43. The highest BCUT2D eigenvalue weighted by Gasteiger charge is 2.08. The van der Waals surface area contributed by atoms with Gasteiger partial charge in [0.1, 0.15) is 0 Å². The summed E-state index contributed by atoms with van der Waals surface area (Å²) < 4.78 is 0. The average Bonchev–Trinajstić information content (AvgIpc) is 2.49. The summed E-state index contributed by atoms with van der Waals surface area (Å²) in [6.07, 6.45) is 0. The third-order valence-corrected chi connectivity index (χ3v) is 3.17. The average molecular weight is 245 g/mol. The van der Waals surface area contributed by atoms with Crippen LogP contribution in [0.1, 0.15) is 5.69 Å². The van der Waals surface area contributed by atoms with E-state index in [0.717, 1.165) is 17.0 Å². The summed E-state index contributed by atoms with van der Waals surface area (Å²) in [5.74, 6) is 0. The van der Waals surface area contributed by atoms with Crippen molar-refractivity contribution < 1.29 is 0 Å². The van der Waals surface area contributed by atoms with Crippen molar-refractivity contribution in [3.8, 4) is 22.4 Å². The Bertz CT molecular complexity index is 673. The summed E-state index contributed by atoms with van der Waals surface area (Å²) in [6, 6.07) is 25.0. The molecular weight excluding hydrogens is 230 g/mol. The lowest BCUT2D eigenvalue weighted by Gasteiger charge is -2.10. The predicted molar refractivity (Wildman–Crippen MR) is 79.8 cm³/mol. The van der Waals surface area contributed by atoms with Crippen molar-refractivity contribution in [2.45, 2.75) is 6.92 Å². The molecule has 0 fully saturated rings. The molecule has 1 aromatic heterocycles. The van der Waals surface area contributed by atoms with Crippen molar-refractivity contribution in [2.75, 3.05) is 0 Å². The van der Waals surface area contributed by atoms with Crippen molar-refractivity contribution in [1.29, 1.82) is 0 Å². The Labute approximate surface area is 113 Å². The van der Waals surface area contributed by atoms with Crippen LogP contribution < -0.4 is 0 Å². The summed E-state index contributed by atoms with van der Waals surface area (Å²) in [5, 5.41) is 0. The number of benzene rings is 2. The van der Waals surface area contributed by atoms with Crippen LogP contribution in [0.5, 0.6) is 0 Å². The van der Waals surface area contributed by atoms with Gasteiger partial charge in [0.15, 0.2) is 0 Å². The van der Waals surface area contributed by atoms with Gasteiger partial charge in [-0.2, -0.15) is 0 Å². The quantitative estimate of drug-likeness (QED) is 0.636. The third-order valence-electron chi connectivity index (χ3n) is 3.17. The van der Waals surface area contributed by atoms with E-state index in [1.807, 2.05) is 31.2 Å². The number of hydrogen-bond acceptors (Lipinski definition) is 1. The van der Waals surface area contributed by atoms with Crippen LogP contribution in [-0.4, -0.2) is 4.98 Å². The Hall–Kier alpha value is -2.41. The SMILES string of the molecule is Cc1ccc(-c2ccccc2)c(-c2ccccc2)n1. The maximum Gasteiger partial charge on any atom is 0.0783 e. The third kappa shape index (κ3) is 2.41. The Morgan fingerprint density at radius 3 is 1.84 bits per heavy atom. The van der Waals surface area contributed by atoms with Gasteiger partial charge in [-0.3, -0.25) is 4.98 Å². The molecule has 0 aliphatic heterocycles. The zero-order valence-electron chi connectivity index (χ0n) is 10.9. The van der Waals surface area contributed by atoms with Crippen LogP contribution in [0, 0.1) is 6.92 Å². The van der Waals surface area contributed by atoms with Crippen molar-refractivity contribution >= 4 is 0 Å². The van der Waals surface area contributed by atoms with E-state index in [1.54, 1.807) is 0 Å². The molecule has 0 spiro atoms. The number of rotatable bonds is 2. The minimum Gasteiger partial charge on any atom is -0.252 e. The molecule has 1 nitrogen and oxygen atoms in total. The highest BCUT2D eigenvalue weighted by atomic mass is 14.7. The van der Waals surface area contributed by atoms with Gasteiger partial charge in [0.2, 0.25) is 0 Å². The van der Waals surface area contributed by atoms with E-state index >= 15 is 0 Å². The van der Waals surface area contributed by atoms with Crippen LogP contribution in [0.15, 0.2) is 72.8 Å². The van der Waals surface area contributed by atoms with Gasteiger partial charge in [-0.15, -0.1) is 0 Å². The van der Waals surface area contributed by atoms with Crippen LogP contribution in [-0.2, 0) is 0 Å². The lowest BCUT2D eigenvalue weighted by Crippen LogP contribution is -1.91. The van der Waals surface area contributed by atoms with Crippen molar-refractivity contribution in [3.63, 3.8) is 0 Å². The highest BCUT2D eigenvalue weighted by Crippen LogP contribution is 2.30. The fourth-order valence-corrected chi connectivity index (χ4v) is 2.22. The van der Waals surface area contributed by atoms with Gasteiger partial charge in [0, 0.05) is 16.8 Å². The van der Waals surface area contributed by atoms with Crippen LogP contribution in [0.2, 0.25) is 0 Å². The molecule has 1 heteroatoms. The molecule has 2 aromatic carbocycles. The maximum atomic E-state index is 4.72. The van der Waals surface area contributed by atoms with Crippen molar-refractivity contribution in [1.82, 2.24) is 4.98 Å². The molecule has 0 atom stereocenters. The molecule has 0 saturated carbocycles. The molecule has 3 rings (SSSR count). The summed E-state index contributed by atoms with van der Waals surface area (Å²) in [6.45, 7) is 2.03. The lowest BCUT2D eigenvalue weighted by atomic mass is 9.99. The molecule has 0 saturated heterocycles. The van der Waals surface area contributed by atoms with E-state index in [9.17, 15) is 0 Å². The van der Waals surface area contributed by atoms with Gasteiger partial charge < -0.3 is 0 Å². The Kier molecular flexibility index (Phi) is 3.11. The van der Waals surface area contributed by atoms with Crippen LogP contribution in [0.3, 0.4) is 0 Å². The van der Waals surface area contributed by atoms with Gasteiger partial charge in [-0.1, -0.05) is 66.7 Å². The van der Waals surface area contributed by atoms with E-state index < -0.39 is 0 Å². The van der Waals surface area contributed by atoms with Gasteiger partial charge >= 0.3 is 0 Å². The minimum absolute atomic E-state index is 1.04. The number of nitrogens with zero attached hydrogens (tertiary/aromatic N) is 1. The Morgan fingerprint density at radius 2 is 1.21 bits per heavy atom. The second kappa shape index (κ2) is 5.07. The number of hydrogen-bond donors (Lipinski definition) is 0. The minimum atomic E-state index is 1.04. The molecule has 0 aliphatic carbocycles. The highest BCUT2D eigenvalue weighted by molar-refractivity contribution is 5.80. The fraction of sp³-hybridized carbons (Fsp3) is 0.0556.